The monoisotopic (exact) mass is 476 g/mol. The van der Waals surface area contributed by atoms with Crippen molar-refractivity contribution in [3.8, 4) is 11.5 Å². The lowest BCUT2D eigenvalue weighted by atomic mass is 9.85. The Morgan fingerprint density at radius 3 is 1.60 bits per heavy atom. The molecule has 2 heteroatoms. The normalized spacial score (nSPS) is 11.9. The van der Waals surface area contributed by atoms with Crippen molar-refractivity contribution in [3.05, 3.63) is 48.0 Å². The summed E-state index contributed by atoms with van der Waals surface area (Å²) >= 11 is 0. The summed E-state index contributed by atoms with van der Waals surface area (Å²) < 4.78 is 13.0. The molecule has 3 aromatic rings. The van der Waals surface area contributed by atoms with Crippen molar-refractivity contribution in [2.45, 2.75) is 111 Å². The van der Waals surface area contributed by atoms with Crippen LogP contribution in [0.25, 0.3) is 21.5 Å². The van der Waals surface area contributed by atoms with Crippen LogP contribution in [0.1, 0.15) is 111 Å². The van der Waals surface area contributed by atoms with E-state index in [1.165, 1.54) is 62.3 Å². The van der Waals surface area contributed by atoms with Crippen LogP contribution in [0.15, 0.2) is 42.5 Å². The van der Waals surface area contributed by atoms with Crippen LogP contribution >= 0.6 is 0 Å². The second kappa shape index (κ2) is 13.8. The molecular weight excluding hydrogens is 428 g/mol. The predicted molar refractivity (Wildman–Crippen MR) is 153 cm³/mol. The van der Waals surface area contributed by atoms with Crippen LogP contribution < -0.4 is 9.47 Å². The summed E-state index contributed by atoms with van der Waals surface area (Å²) in [5.41, 5.74) is 1.41. The average molecular weight is 477 g/mol. The summed E-state index contributed by atoms with van der Waals surface area (Å²) in [5.74, 6) is 2.02. The molecule has 0 saturated heterocycles. The molecule has 0 aliphatic rings. The largest absolute Gasteiger partial charge is 0.492 e. The molecule has 35 heavy (non-hydrogen) atoms. The van der Waals surface area contributed by atoms with Gasteiger partial charge in [-0.1, -0.05) is 129 Å². The molecule has 0 atom stereocenters. The Morgan fingerprint density at radius 1 is 0.543 bits per heavy atom. The molecular formula is C33H48O2. The highest BCUT2D eigenvalue weighted by Crippen LogP contribution is 2.44. The van der Waals surface area contributed by atoms with Gasteiger partial charge >= 0.3 is 0 Å². The first-order valence-electron chi connectivity index (χ1n) is 14.2. The van der Waals surface area contributed by atoms with Crippen LogP contribution in [0.5, 0.6) is 11.5 Å². The first kappa shape index (κ1) is 27.4. The van der Waals surface area contributed by atoms with Gasteiger partial charge in [0.1, 0.15) is 11.5 Å². The fraction of sp³-hybridized carbons (Fsp3) is 0.576. The number of hydrogen-bond acceptors (Lipinski definition) is 2. The summed E-state index contributed by atoms with van der Waals surface area (Å²) in [6, 6.07) is 15.4. The topological polar surface area (TPSA) is 18.5 Å². The summed E-state index contributed by atoms with van der Waals surface area (Å²) in [5, 5.41) is 4.66. The van der Waals surface area contributed by atoms with Crippen LogP contribution in [0.2, 0.25) is 0 Å². The Morgan fingerprint density at radius 2 is 1.03 bits per heavy atom. The van der Waals surface area contributed by atoms with Gasteiger partial charge in [0, 0.05) is 21.5 Å². The molecule has 192 valence electrons. The van der Waals surface area contributed by atoms with Gasteiger partial charge in [0.05, 0.1) is 13.2 Å². The number of fused-ring (bicyclic) bond motifs is 2. The molecule has 0 aliphatic heterocycles. The number of ether oxygens (including phenoxy) is 2. The molecule has 0 amide bonds. The smallest absolute Gasteiger partial charge is 0.135 e. The van der Waals surface area contributed by atoms with Gasteiger partial charge in [-0.15, -0.1) is 0 Å². The SMILES string of the molecule is CCCCCCCCCCCOc1c2ccccc2c(OCCCC)c2ccc(C(C)(C)C)cc12. The van der Waals surface area contributed by atoms with Gasteiger partial charge in [-0.25, -0.2) is 0 Å². The minimum absolute atomic E-state index is 0.0808. The third-order valence-electron chi connectivity index (χ3n) is 7.03. The van der Waals surface area contributed by atoms with E-state index in [9.17, 15) is 0 Å². The standard InChI is InChI=1S/C33H48O2/c1-6-8-10-11-12-13-14-15-18-24-35-32-28-20-17-16-19-27(28)31(34-23-9-7-2)29-22-21-26(25-30(29)32)33(3,4)5/h16-17,19-22,25H,6-15,18,23-24H2,1-5H3. The summed E-state index contributed by atoms with van der Waals surface area (Å²) in [6.45, 7) is 12.8. The number of hydrogen-bond donors (Lipinski definition) is 0. The first-order chi connectivity index (χ1) is 17.0. The second-order valence-electron chi connectivity index (χ2n) is 11.1. The third kappa shape index (κ3) is 7.63. The fourth-order valence-electron chi connectivity index (χ4n) is 4.78. The highest BCUT2D eigenvalue weighted by molar-refractivity contribution is 6.11. The highest BCUT2D eigenvalue weighted by atomic mass is 16.5. The Hall–Kier alpha value is -2.22. The van der Waals surface area contributed by atoms with Crippen molar-refractivity contribution in [3.63, 3.8) is 0 Å². The fourth-order valence-corrected chi connectivity index (χ4v) is 4.78. The van der Waals surface area contributed by atoms with E-state index in [2.05, 4.69) is 77.1 Å². The van der Waals surface area contributed by atoms with E-state index in [1.54, 1.807) is 0 Å². The quantitative estimate of drug-likeness (QED) is 0.160. The van der Waals surface area contributed by atoms with Crippen molar-refractivity contribution < 1.29 is 9.47 Å². The number of rotatable bonds is 15. The molecule has 0 N–H and O–H groups in total. The maximum atomic E-state index is 6.58. The lowest BCUT2D eigenvalue weighted by Crippen LogP contribution is -2.11. The number of benzene rings is 3. The van der Waals surface area contributed by atoms with Gasteiger partial charge < -0.3 is 9.47 Å². The molecule has 0 radical (unpaired) electrons. The summed E-state index contributed by atoms with van der Waals surface area (Å²) in [7, 11) is 0. The van der Waals surface area contributed by atoms with E-state index in [0.29, 0.717) is 0 Å². The van der Waals surface area contributed by atoms with Gasteiger partial charge in [0.2, 0.25) is 0 Å². The first-order valence-corrected chi connectivity index (χ1v) is 14.2. The molecule has 0 bridgehead atoms. The van der Waals surface area contributed by atoms with Crippen LogP contribution in [-0.2, 0) is 5.41 Å². The van der Waals surface area contributed by atoms with Crippen molar-refractivity contribution >= 4 is 21.5 Å². The molecule has 0 heterocycles. The van der Waals surface area contributed by atoms with Crippen molar-refractivity contribution in [2.75, 3.05) is 13.2 Å². The third-order valence-corrected chi connectivity index (χ3v) is 7.03. The van der Waals surface area contributed by atoms with E-state index >= 15 is 0 Å². The van der Waals surface area contributed by atoms with Gasteiger partial charge in [-0.2, -0.15) is 0 Å². The zero-order valence-electron chi connectivity index (χ0n) is 23.1. The van der Waals surface area contributed by atoms with Gasteiger partial charge in [0.15, 0.2) is 0 Å². The Labute approximate surface area is 214 Å². The van der Waals surface area contributed by atoms with Crippen molar-refractivity contribution in [1.82, 2.24) is 0 Å². The van der Waals surface area contributed by atoms with Crippen molar-refractivity contribution in [2.24, 2.45) is 0 Å². The second-order valence-corrected chi connectivity index (χ2v) is 11.1. The van der Waals surface area contributed by atoms with Crippen molar-refractivity contribution in [1.29, 1.82) is 0 Å². The van der Waals surface area contributed by atoms with Crippen LogP contribution in [0.4, 0.5) is 0 Å². The summed E-state index contributed by atoms with van der Waals surface area (Å²) in [4.78, 5) is 0. The molecule has 0 aromatic heterocycles. The lowest BCUT2D eigenvalue weighted by Gasteiger charge is -2.22. The van der Waals surface area contributed by atoms with E-state index in [0.717, 1.165) is 60.1 Å². The van der Waals surface area contributed by atoms with Gasteiger partial charge in [-0.05, 0) is 29.9 Å². The molecule has 0 fully saturated rings. The zero-order chi connectivity index (χ0) is 25.1. The molecule has 0 unspecified atom stereocenters. The van der Waals surface area contributed by atoms with Crippen LogP contribution in [0, 0.1) is 0 Å². The minimum Gasteiger partial charge on any atom is -0.492 e. The zero-order valence-corrected chi connectivity index (χ0v) is 23.1. The average Bonchev–Trinajstić information content (AvgIpc) is 2.85. The molecule has 3 aromatic carbocycles. The van der Waals surface area contributed by atoms with E-state index < -0.39 is 0 Å². The summed E-state index contributed by atoms with van der Waals surface area (Å²) in [6.07, 6.45) is 14.1. The molecule has 0 saturated carbocycles. The van der Waals surface area contributed by atoms with E-state index in [4.69, 9.17) is 9.47 Å². The molecule has 2 nitrogen and oxygen atoms in total. The maximum Gasteiger partial charge on any atom is 0.135 e. The molecule has 3 rings (SSSR count). The van der Waals surface area contributed by atoms with Crippen LogP contribution in [-0.4, -0.2) is 13.2 Å². The number of unbranched alkanes of at least 4 members (excludes halogenated alkanes) is 9. The molecule has 0 aliphatic carbocycles. The lowest BCUT2D eigenvalue weighted by molar-refractivity contribution is 0.308. The Bertz CT molecular complexity index is 1040. The van der Waals surface area contributed by atoms with E-state index in [-0.39, 0.29) is 5.41 Å². The highest BCUT2D eigenvalue weighted by Gasteiger charge is 2.20. The van der Waals surface area contributed by atoms with E-state index in [1.807, 2.05) is 0 Å². The Kier molecular flexibility index (Phi) is 10.8. The van der Waals surface area contributed by atoms with Gasteiger partial charge in [-0.3, -0.25) is 0 Å². The molecule has 0 spiro atoms. The van der Waals surface area contributed by atoms with Crippen LogP contribution in [0.3, 0.4) is 0 Å². The predicted octanol–water partition coefficient (Wildman–Crippen LogP) is 10.4. The van der Waals surface area contributed by atoms with Gasteiger partial charge in [0.25, 0.3) is 0 Å². The minimum atomic E-state index is 0.0808. The Balaban J connectivity index is 1.81. The maximum absolute atomic E-state index is 6.58.